The molecule has 1 aliphatic rings. The van der Waals surface area contributed by atoms with E-state index in [0.29, 0.717) is 18.2 Å². The maximum absolute atomic E-state index is 12.4. The molecular weight excluding hydrogens is 296 g/mol. The first-order chi connectivity index (χ1) is 10.6. The van der Waals surface area contributed by atoms with E-state index in [1.807, 2.05) is 26.0 Å². The van der Waals surface area contributed by atoms with Gasteiger partial charge in [-0.05, 0) is 32.8 Å². The van der Waals surface area contributed by atoms with E-state index < -0.39 is 0 Å². The van der Waals surface area contributed by atoms with Gasteiger partial charge in [-0.1, -0.05) is 17.8 Å². The first-order valence-electron chi connectivity index (χ1n) is 7.46. The minimum absolute atomic E-state index is 0.118. The normalized spacial score (nSPS) is 14.3. The van der Waals surface area contributed by atoms with E-state index in [2.05, 4.69) is 26.3 Å². The number of thioether (sulfide) groups is 1. The first-order valence-corrected chi connectivity index (χ1v) is 8.45. The Labute approximate surface area is 134 Å². The van der Waals surface area contributed by atoms with Crippen molar-refractivity contribution in [2.75, 3.05) is 5.75 Å². The number of nitrogens with zero attached hydrogens (tertiary/aromatic N) is 3. The summed E-state index contributed by atoms with van der Waals surface area (Å²) in [7, 11) is 0. The zero-order chi connectivity index (χ0) is 15.7. The number of aryl methyl sites for hydroxylation is 2. The molecule has 2 heterocycles. The van der Waals surface area contributed by atoms with Crippen molar-refractivity contribution < 1.29 is 4.79 Å². The summed E-state index contributed by atoms with van der Waals surface area (Å²) in [6, 6.07) is 1.91. The van der Waals surface area contributed by atoms with Crippen molar-refractivity contribution in [2.24, 2.45) is 0 Å². The number of rotatable bonds is 7. The Kier molecular flexibility index (Phi) is 4.20. The van der Waals surface area contributed by atoms with Crippen molar-refractivity contribution in [3.63, 3.8) is 0 Å². The Balaban J connectivity index is 1.72. The van der Waals surface area contributed by atoms with Crippen LogP contribution < -0.4 is 0 Å². The summed E-state index contributed by atoms with van der Waals surface area (Å²) in [5.41, 5.74) is 2.70. The second-order valence-corrected chi connectivity index (χ2v) is 6.66. The van der Waals surface area contributed by atoms with Crippen molar-refractivity contribution in [3.05, 3.63) is 41.5 Å². The van der Waals surface area contributed by atoms with E-state index in [0.717, 1.165) is 27.9 Å². The Morgan fingerprint density at radius 2 is 2.27 bits per heavy atom. The van der Waals surface area contributed by atoms with Crippen molar-refractivity contribution in [3.8, 4) is 0 Å². The molecule has 0 amide bonds. The minimum atomic E-state index is 0.118. The Morgan fingerprint density at radius 3 is 2.86 bits per heavy atom. The molecule has 2 aromatic heterocycles. The molecule has 0 aromatic carbocycles. The zero-order valence-corrected chi connectivity index (χ0v) is 13.7. The molecule has 22 heavy (non-hydrogen) atoms. The van der Waals surface area contributed by atoms with E-state index >= 15 is 0 Å². The Bertz CT molecular complexity index is 712. The fourth-order valence-corrected chi connectivity index (χ4v) is 3.41. The molecule has 5 nitrogen and oxygen atoms in total. The lowest BCUT2D eigenvalue weighted by atomic mass is 10.2. The maximum Gasteiger partial charge on any atom is 0.191 e. The third-order valence-corrected chi connectivity index (χ3v) is 4.75. The van der Waals surface area contributed by atoms with Crippen LogP contribution in [0.4, 0.5) is 0 Å². The molecule has 116 valence electrons. The number of aromatic amines is 1. The van der Waals surface area contributed by atoms with Gasteiger partial charge < -0.3 is 9.55 Å². The first kappa shape index (κ1) is 15.1. The molecule has 2 aromatic rings. The lowest BCUT2D eigenvalue weighted by Gasteiger charge is -2.06. The van der Waals surface area contributed by atoms with Crippen molar-refractivity contribution in [1.82, 2.24) is 19.7 Å². The van der Waals surface area contributed by atoms with Crippen LogP contribution in [0.2, 0.25) is 0 Å². The second-order valence-electron chi connectivity index (χ2n) is 5.72. The summed E-state index contributed by atoms with van der Waals surface area (Å²) in [4.78, 5) is 15.5. The average molecular weight is 316 g/mol. The van der Waals surface area contributed by atoms with Gasteiger partial charge in [-0.3, -0.25) is 4.79 Å². The number of aromatic nitrogens is 4. The molecule has 0 aliphatic heterocycles. The van der Waals surface area contributed by atoms with Crippen LogP contribution in [0.5, 0.6) is 0 Å². The number of nitrogens with one attached hydrogen (secondary N) is 1. The van der Waals surface area contributed by atoms with E-state index in [-0.39, 0.29) is 5.78 Å². The fraction of sp³-hybridized carbons (Fsp3) is 0.438. The highest BCUT2D eigenvalue weighted by Crippen LogP contribution is 2.40. The summed E-state index contributed by atoms with van der Waals surface area (Å²) in [6.45, 7) is 8.37. The highest BCUT2D eigenvalue weighted by atomic mass is 32.2. The predicted octanol–water partition coefficient (Wildman–Crippen LogP) is 3.26. The number of carbonyl (C=O) groups excluding carboxylic acids is 1. The van der Waals surface area contributed by atoms with Gasteiger partial charge in [0.1, 0.15) is 5.82 Å². The molecule has 0 spiro atoms. The summed E-state index contributed by atoms with van der Waals surface area (Å²) in [5.74, 6) is 2.06. The van der Waals surface area contributed by atoms with Crippen LogP contribution >= 0.6 is 11.8 Å². The van der Waals surface area contributed by atoms with Crippen LogP contribution in [0.15, 0.2) is 23.9 Å². The maximum atomic E-state index is 12.4. The van der Waals surface area contributed by atoms with Gasteiger partial charge in [0.15, 0.2) is 10.9 Å². The van der Waals surface area contributed by atoms with Crippen LogP contribution in [0.3, 0.4) is 0 Å². The lowest BCUT2D eigenvalue weighted by Crippen LogP contribution is -2.06. The van der Waals surface area contributed by atoms with Crippen LogP contribution in [0, 0.1) is 13.8 Å². The molecule has 1 aliphatic carbocycles. The molecule has 1 fully saturated rings. The standard InChI is InChI=1S/C16H20N4OS/c1-4-7-20-15(12-5-6-12)18-19-16(20)22-9-14(21)13-8-10(2)17-11(13)3/h4,8,12,17H,1,5-7,9H2,2-3H3. The highest BCUT2D eigenvalue weighted by Gasteiger charge is 2.30. The summed E-state index contributed by atoms with van der Waals surface area (Å²) >= 11 is 1.45. The Hall–Kier alpha value is -1.82. The second kappa shape index (κ2) is 6.12. The highest BCUT2D eigenvalue weighted by molar-refractivity contribution is 7.99. The molecule has 1 N–H and O–H groups in total. The van der Waals surface area contributed by atoms with Crippen molar-refractivity contribution in [1.29, 1.82) is 0 Å². The topological polar surface area (TPSA) is 63.6 Å². The zero-order valence-electron chi connectivity index (χ0n) is 12.9. The van der Waals surface area contributed by atoms with Gasteiger partial charge in [-0.25, -0.2) is 0 Å². The molecule has 6 heteroatoms. The number of carbonyl (C=O) groups is 1. The van der Waals surface area contributed by atoms with E-state index in [9.17, 15) is 4.79 Å². The molecule has 0 saturated heterocycles. The minimum Gasteiger partial charge on any atom is -0.362 e. The van der Waals surface area contributed by atoms with Crippen LogP contribution in [-0.4, -0.2) is 31.3 Å². The summed E-state index contributed by atoms with van der Waals surface area (Å²) in [5, 5.41) is 9.36. The predicted molar refractivity (Wildman–Crippen MR) is 87.5 cm³/mol. The van der Waals surface area contributed by atoms with Crippen LogP contribution in [0.25, 0.3) is 0 Å². The third-order valence-electron chi connectivity index (χ3n) is 3.78. The van der Waals surface area contributed by atoms with Crippen molar-refractivity contribution in [2.45, 2.75) is 44.3 Å². The van der Waals surface area contributed by atoms with Gasteiger partial charge in [0, 0.05) is 29.4 Å². The lowest BCUT2D eigenvalue weighted by molar-refractivity contribution is 0.102. The van der Waals surface area contributed by atoms with Gasteiger partial charge in [-0.2, -0.15) is 0 Å². The van der Waals surface area contributed by atoms with Crippen LogP contribution in [-0.2, 0) is 6.54 Å². The largest absolute Gasteiger partial charge is 0.362 e. The fourth-order valence-electron chi connectivity index (χ4n) is 2.57. The molecule has 0 radical (unpaired) electrons. The van der Waals surface area contributed by atoms with E-state index in [1.54, 1.807) is 0 Å². The molecule has 3 rings (SSSR count). The smallest absolute Gasteiger partial charge is 0.191 e. The van der Waals surface area contributed by atoms with Gasteiger partial charge in [0.25, 0.3) is 0 Å². The average Bonchev–Trinajstić information content (AvgIpc) is 3.16. The monoisotopic (exact) mass is 316 g/mol. The van der Waals surface area contributed by atoms with Gasteiger partial charge in [0.2, 0.25) is 0 Å². The number of hydrogen-bond donors (Lipinski definition) is 1. The Morgan fingerprint density at radius 1 is 1.50 bits per heavy atom. The summed E-state index contributed by atoms with van der Waals surface area (Å²) < 4.78 is 2.08. The van der Waals surface area contributed by atoms with Crippen molar-refractivity contribution >= 4 is 17.5 Å². The molecular formula is C16H20N4OS. The number of H-pyrrole nitrogens is 1. The van der Waals surface area contributed by atoms with Gasteiger partial charge >= 0.3 is 0 Å². The quantitative estimate of drug-likeness (QED) is 0.484. The number of ketones is 1. The van der Waals surface area contributed by atoms with E-state index in [1.165, 1.54) is 24.6 Å². The summed E-state index contributed by atoms with van der Waals surface area (Å²) in [6.07, 6.45) is 4.21. The van der Waals surface area contributed by atoms with Gasteiger partial charge in [-0.15, -0.1) is 16.8 Å². The molecule has 0 bridgehead atoms. The number of allylic oxidation sites excluding steroid dienone is 1. The molecule has 0 atom stereocenters. The molecule has 1 saturated carbocycles. The van der Waals surface area contributed by atoms with Crippen LogP contribution in [0.1, 0.15) is 46.3 Å². The van der Waals surface area contributed by atoms with Gasteiger partial charge in [0.05, 0.1) is 5.75 Å². The van der Waals surface area contributed by atoms with E-state index in [4.69, 9.17) is 0 Å². The number of Topliss-reactive ketones (excluding diaryl/α,β-unsaturated/α-hetero) is 1. The molecule has 0 unspecified atom stereocenters. The SMILES string of the molecule is C=CCn1c(SCC(=O)c2cc(C)[nH]c2C)nnc1C1CC1. The number of hydrogen-bond acceptors (Lipinski definition) is 4. The third kappa shape index (κ3) is 3.02.